The highest BCUT2D eigenvalue weighted by Gasteiger charge is 2.21. The van der Waals surface area contributed by atoms with Crippen LogP contribution in [0.1, 0.15) is 18.4 Å². The number of hydrogen-bond donors (Lipinski definition) is 1. The zero-order valence-corrected chi connectivity index (χ0v) is 9.59. The number of hydrogen-bond acceptors (Lipinski definition) is 1. The van der Waals surface area contributed by atoms with Crippen LogP contribution in [-0.4, -0.2) is 24.0 Å². The van der Waals surface area contributed by atoms with Crippen molar-refractivity contribution in [3.63, 3.8) is 0 Å². The molecule has 1 saturated heterocycles. The summed E-state index contributed by atoms with van der Waals surface area (Å²) in [4.78, 5) is 13.3. The van der Waals surface area contributed by atoms with E-state index in [9.17, 15) is 13.6 Å². The Morgan fingerprint density at radius 1 is 1.29 bits per heavy atom. The molecule has 0 aliphatic carbocycles. The first-order valence-corrected chi connectivity index (χ1v) is 5.60. The number of rotatable bonds is 1. The molecule has 0 spiro atoms. The number of aryl methyl sites for hydroxylation is 1. The van der Waals surface area contributed by atoms with Crippen molar-refractivity contribution < 1.29 is 13.6 Å². The van der Waals surface area contributed by atoms with E-state index in [1.807, 2.05) is 0 Å². The molecular formula is C12H14F2N2O. The van der Waals surface area contributed by atoms with Gasteiger partial charge in [-0.3, -0.25) is 0 Å². The minimum absolute atomic E-state index is 0.308. The Morgan fingerprint density at radius 2 is 1.94 bits per heavy atom. The van der Waals surface area contributed by atoms with E-state index in [2.05, 4.69) is 5.32 Å². The van der Waals surface area contributed by atoms with Gasteiger partial charge in [-0.25, -0.2) is 13.6 Å². The van der Waals surface area contributed by atoms with Gasteiger partial charge in [-0.05, 0) is 31.4 Å². The number of carbonyl (C=O) groups is 1. The monoisotopic (exact) mass is 240 g/mol. The molecule has 1 aliphatic heterocycles. The maximum absolute atomic E-state index is 13.6. The maximum atomic E-state index is 13.6. The van der Waals surface area contributed by atoms with Gasteiger partial charge in [0.05, 0.1) is 0 Å². The number of anilines is 1. The van der Waals surface area contributed by atoms with Crippen molar-refractivity contribution in [2.24, 2.45) is 0 Å². The summed E-state index contributed by atoms with van der Waals surface area (Å²) >= 11 is 0. The minimum atomic E-state index is -0.749. The molecule has 0 unspecified atom stereocenters. The van der Waals surface area contributed by atoms with Crippen LogP contribution in [0.3, 0.4) is 0 Å². The van der Waals surface area contributed by atoms with Crippen molar-refractivity contribution in [1.82, 2.24) is 4.90 Å². The first-order chi connectivity index (χ1) is 8.09. The summed E-state index contributed by atoms with van der Waals surface area (Å²) in [5.74, 6) is -1.46. The normalized spacial score (nSPS) is 15.1. The first kappa shape index (κ1) is 11.8. The molecule has 0 atom stereocenters. The molecule has 1 aliphatic rings. The highest BCUT2D eigenvalue weighted by molar-refractivity contribution is 5.89. The second-order valence-corrected chi connectivity index (χ2v) is 4.18. The van der Waals surface area contributed by atoms with Gasteiger partial charge in [-0.1, -0.05) is 6.07 Å². The smallest absolute Gasteiger partial charge is 0.322 e. The van der Waals surface area contributed by atoms with Crippen LogP contribution in [0, 0.1) is 18.6 Å². The molecule has 2 amide bonds. The van der Waals surface area contributed by atoms with Gasteiger partial charge in [0.2, 0.25) is 0 Å². The molecule has 1 fully saturated rings. The Balaban J connectivity index is 2.17. The lowest BCUT2D eigenvalue weighted by atomic mass is 10.2. The summed E-state index contributed by atoms with van der Waals surface area (Å²) in [6.07, 6.45) is 1.87. The highest BCUT2D eigenvalue weighted by Crippen LogP contribution is 2.22. The third kappa shape index (κ3) is 2.38. The van der Waals surface area contributed by atoms with Gasteiger partial charge in [0.25, 0.3) is 0 Å². The average Bonchev–Trinajstić information content (AvgIpc) is 2.83. The van der Waals surface area contributed by atoms with Crippen molar-refractivity contribution in [2.45, 2.75) is 19.8 Å². The van der Waals surface area contributed by atoms with Crippen LogP contribution < -0.4 is 5.32 Å². The number of benzene rings is 1. The Morgan fingerprint density at radius 3 is 2.59 bits per heavy atom. The van der Waals surface area contributed by atoms with Gasteiger partial charge in [0.1, 0.15) is 11.5 Å². The fourth-order valence-corrected chi connectivity index (χ4v) is 1.88. The molecule has 17 heavy (non-hydrogen) atoms. The largest absolute Gasteiger partial charge is 0.325 e. The molecule has 2 rings (SSSR count). The van der Waals surface area contributed by atoms with E-state index in [0.717, 1.165) is 18.9 Å². The van der Waals surface area contributed by atoms with Gasteiger partial charge in [-0.15, -0.1) is 0 Å². The Labute approximate surface area is 98.4 Å². The second kappa shape index (κ2) is 4.69. The first-order valence-electron chi connectivity index (χ1n) is 5.60. The van der Waals surface area contributed by atoms with Crippen LogP contribution in [0.4, 0.5) is 19.3 Å². The molecular weight excluding hydrogens is 226 g/mol. The van der Waals surface area contributed by atoms with Crippen LogP contribution in [0.5, 0.6) is 0 Å². The fraction of sp³-hybridized carbons (Fsp3) is 0.417. The van der Waals surface area contributed by atoms with Crippen molar-refractivity contribution in [3.8, 4) is 0 Å². The number of urea groups is 1. The Kier molecular flexibility index (Phi) is 3.26. The highest BCUT2D eigenvalue weighted by atomic mass is 19.1. The summed E-state index contributed by atoms with van der Waals surface area (Å²) in [5.41, 5.74) is -0.0509. The Bertz CT molecular complexity index is 442. The van der Waals surface area contributed by atoms with Gasteiger partial charge in [-0.2, -0.15) is 0 Å². The van der Waals surface area contributed by atoms with Crippen LogP contribution >= 0.6 is 0 Å². The molecule has 1 aromatic carbocycles. The third-order valence-electron chi connectivity index (χ3n) is 2.91. The minimum Gasteiger partial charge on any atom is -0.325 e. The van der Waals surface area contributed by atoms with Gasteiger partial charge < -0.3 is 10.2 Å². The van der Waals surface area contributed by atoms with E-state index in [1.165, 1.54) is 13.0 Å². The zero-order chi connectivity index (χ0) is 12.4. The second-order valence-electron chi connectivity index (χ2n) is 4.18. The summed E-state index contributed by atoms with van der Waals surface area (Å²) in [7, 11) is 0. The molecule has 0 radical (unpaired) electrons. The van der Waals surface area contributed by atoms with Crippen LogP contribution in [0.25, 0.3) is 0 Å². The predicted octanol–water partition coefficient (Wildman–Crippen LogP) is 2.90. The van der Waals surface area contributed by atoms with Gasteiger partial charge in [0, 0.05) is 13.1 Å². The van der Waals surface area contributed by atoms with E-state index >= 15 is 0 Å². The van der Waals surface area contributed by atoms with Crippen LogP contribution in [-0.2, 0) is 0 Å². The summed E-state index contributed by atoms with van der Waals surface area (Å²) in [6.45, 7) is 2.81. The molecule has 1 heterocycles. The van der Waals surface area contributed by atoms with E-state index in [-0.39, 0.29) is 5.69 Å². The third-order valence-corrected chi connectivity index (χ3v) is 2.91. The number of nitrogens with one attached hydrogen (secondary N) is 1. The Hall–Kier alpha value is -1.65. The molecule has 92 valence electrons. The zero-order valence-electron chi connectivity index (χ0n) is 9.59. The summed E-state index contributed by atoms with van der Waals surface area (Å²) in [6, 6.07) is 2.06. The number of halogens is 2. The van der Waals surface area contributed by atoms with Crippen molar-refractivity contribution >= 4 is 11.7 Å². The topological polar surface area (TPSA) is 32.3 Å². The summed E-state index contributed by atoms with van der Waals surface area (Å²) in [5, 5.41) is 2.30. The van der Waals surface area contributed by atoms with E-state index in [0.29, 0.717) is 18.7 Å². The number of likely N-dealkylation sites (tertiary alicyclic amines) is 1. The van der Waals surface area contributed by atoms with E-state index < -0.39 is 17.7 Å². The molecule has 0 saturated carbocycles. The lowest BCUT2D eigenvalue weighted by Crippen LogP contribution is -2.32. The van der Waals surface area contributed by atoms with Crippen molar-refractivity contribution in [1.29, 1.82) is 0 Å². The molecule has 5 heteroatoms. The molecule has 3 nitrogen and oxygen atoms in total. The standard InChI is InChI=1S/C12H14F2N2O/c1-8-4-5-9(13)11(10(8)14)15-12(17)16-6-2-3-7-16/h4-5H,2-3,6-7H2,1H3,(H,15,17). The van der Waals surface area contributed by atoms with Crippen molar-refractivity contribution in [3.05, 3.63) is 29.3 Å². The van der Waals surface area contributed by atoms with E-state index in [4.69, 9.17) is 0 Å². The maximum Gasteiger partial charge on any atom is 0.322 e. The molecule has 1 N–H and O–H groups in total. The van der Waals surface area contributed by atoms with Crippen LogP contribution in [0.15, 0.2) is 12.1 Å². The summed E-state index contributed by atoms with van der Waals surface area (Å²) < 4.78 is 27.0. The van der Waals surface area contributed by atoms with Crippen molar-refractivity contribution in [2.75, 3.05) is 18.4 Å². The van der Waals surface area contributed by atoms with Crippen LogP contribution in [0.2, 0.25) is 0 Å². The number of nitrogens with zero attached hydrogens (tertiary/aromatic N) is 1. The molecule has 1 aromatic rings. The lowest BCUT2D eigenvalue weighted by Gasteiger charge is -2.17. The number of carbonyl (C=O) groups excluding carboxylic acids is 1. The SMILES string of the molecule is Cc1ccc(F)c(NC(=O)N2CCCC2)c1F. The predicted molar refractivity (Wildman–Crippen MR) is 60.9 cm³/mol. The quantitative estimate of drug-likeness (QED) is 0.804. The molecule has 0 aromatic heterocycles. The average molecular weight is 240 g/mol. The lowest BCUT2D eigenvalue weighted by molar-refractivity contribution is 0.222. The number of amides is 2. The van der Waals surface area contributed by atoms with E-state index in [1.54, 1.807) is 4.90 Å². The van der Waals surface area contributed by atoms with Gasteiger partial charge >= 0.3 is 6.03 Å². The van der Waals surface area contributed by atoms with Gasteiger partial charge in [0.15, 0.2) is 5.82 Å². The fourth-order valence-electron chi connectivity index (χ4n) is 1.88. The molecule has 0 bridgehead atoms.